The van der Waals surface area contributed by atoms with Crippen LogP contribution in [0.5, 0.6) is 23.0 Å². The van der Waals surface area contributed by atoms with E-state index in [1.807, 2.05) is 55.6 Å². The summed E-state index contributed by atoms with van der Waals surface area (Å²) >= 11 is 5.88. The Kier molecular flexibility index (Phi) is 6.16. The zero-order chi connectivity index (χ0) is 18.4. The molecule has 134 valence electrons. The first kappa shape index (κ1) is 18.3. The smallest absolute Gasteiger partial charge is 0.127 e. The summed E-state index contributed by atoms with van der Waals surface area (Å²) in [6.45, 7) is 2.16. The maximum absolute atomic E-state index is 5.90. The number of likely N-dealkylation sites (N-methyl/N-ethyl adjacent to an activating group) is 1. The van der Waals surface area contributed by atoms with Gasteiger partial charge < -0.3 is 14.8 Å². The van der Waals surface area contributed by atoms with Crippen LogP contribution in [0.3, 0.4) is 0 Å². The SMILES string of the molecule is CNC(C)Cc1ccc(Oc2ccc(Oc3ccc(Cl)cc3)cc2)cc1. The third-order valence-electron chi connectivity index (χ3n) is 4.07. The van der Waals surface area contributed by atoms with Gasteiger partial charge in [0.05, 0.1) is 0 Å². The molecule has 4 heteroatoms. The van der Waals surface area contributed by atoms with Crippen LogP contribution in [0.25, 0.3) is 0 Å². The molecule has 3 aromatic carbocycles. The van der Waals surface area contributed by atoms with Gasteiger partial charge in [-0.25, -0.2) is 0 Å². The average molecular weight is 368 g/mol. The van der Waals surface area contributed by atoms with Gasteiger partial charge in [-0.3, -0.25) is 0 Å². The quantitative estimate of drug-likeness (QED) is 0.549. The van der Waals surface area contributed by atoms with Crippen molar-refractivity contribution in [2.75, 3.05) is 7.05 Å². The molecule has 1 atom stereocenters. The van der Waals surface area contributed by atoms with Crippen molar-refractivity contribution in [3.63, 3.8) is 0 Å². The first-order chi connectivity index (χ1) is 12.6. The molecule has 0 saturated heterocycles. The van der Waals surface area contributed by atoms with Gasteiger partial charge in [0.1, 0.15) is 23.0 Å². The molecular weight excluding hydrogens is 346 g/mol. The van der Waals surface area contributed by atoms with Gasteiger partial charge in [0.2, 0.25) is 0 Å². The molecule has 0 fully saturated rings. The molecule has 3 rings (SSSR count). The normalized spacial score (nSPS) is 11.8. The summed E-state index contributed by atoms with van der Waals surface area (Å²) in [6.07, 6.45) is 0.994. The van der Waals surface area contributed by atoms with Crippen molar-refractivity contribution in [2.24, 2.45) is 0 Å². The Labute approximate surface area is 159 Å². The maximum atomic E-state index is 5.90. The lowest BCUT2D eigenvalue weighted by molar-refractivity contribution is 0.469. The molecule has 0 aromatic heterocycles. The Morgan fingerprint density at radius 2 is 1.12 bits per heavy atom. The third-order valence-corrected chi connectivity index (χ3v) is 4.32. The highest BCUT2D eigenvalue weighted by Gasteiger charge is 2.03. The van der Waals surface area contributed by atoms with Gasteiger partial charge in [-0.15, -0.1) is 0 Å². The molecule has 0 radical (unpaired) electrons. The van der Waals surface area contributed by atoms with Gasteiger partial charge in [0.15, 0.2) is 0 Å². The Morgan fingerprint density at radius 1 is 0.731 bits per heavy atom. The van der Waals surface area contributed by atoms with Crippen LogP contribution in [-0.2, 0) is 6.42 Å². The lowest BCUT2D eigenvalue weighted by Gasteiger charge is -2.11. The Bertz CT molecular complexity index is 814. The van der Waals surface area contributed by atoms with Crippen LogP contribution in [0.1, 0.15) is 12.5 Å². The zero-order valence-electron chi connectivity index (χ0n) is 14.9. The topological polar surface area (TPSA) is 30.5 Å². The van der Waals surface area contributed by atoms with Crippen molar-refractivity contribution in [2.45, 2.75) is 19.4 Å². The molecule has 1 unspecified atom stereocenters. The standard InChI is InChI=1S/C22H22ClNO2/c1-16(24-2)15-17-3-7-19(8-4-17)25-21-11-13-22(14-12-21)26-20-9-5-18(23)6-10-20/h3-14,16,24H,15H2,1-2H3. The van der Waals surface area contributed by atoms with Crippen molar-refractivity contribution in [3.8, 4) is 23.0 Å². The van der Waals surface area contributed by atoms with Gasteiger partial charge in [-0.1, -0.05) is 23.7 Å². The molecule has 0 aliphatic heterocycles. The molecule has 3 nitrogen and oxygen atoms in total. The van der Waals surface area contributed by atoms with E-state index in [0.29, 0.717) is 11.1 Å². The van der Waals surface area contributed by atoms with Crippen molar-refractivity contribution < 1.29 is 9.47 Å². The van der Waals surface area contributed by atoms with E-state index < -0.39 is 0 Å². The monoisotopic (exact) mass is 367 g/mol. The van der Waals surface area contributed by atoms with Crippen molar-refractivity contribution >= 4 is 11.6 Å². The maximum Gasteiger partial charge on any atom is 0.127 e. The lowest BCUT2D eigenvalue weighted by Crippen LogP contribution is -2.23. The Morgan fingerprint density at radius 3 is 1.54 bits per heavy atom. The lowest BCUT2D eigenvalue weighted by atomic mass is 10.1. The van der Waals surface area contributed by atoms with Crippen LogP contribution < -0.4 is 14.8 Å². The third kappa shape index (κ3) is 5.25. The molecule has 0 bridgehead atoms. The van der Waals surface area contributed by atoms with Crippen molar-refractivity contribution in [1.29, 1.82) is 0 Å². The first-order valence-corrected chi connectivity index (χ1v) is 8.98. The van der Waals surface area contributed by atoms with E-state index in [1.54, 1.807) is 12.1 Å². The largest absolute Gasteiger partial charge is 0.457 e. The Hall–Kier alpha value is -2.49. The fraction of sp³-hybridized carbons (Fsp3) is 0.182. The predicted molar refractivity (Wildman–Crippen MR) is 107 cm³/mol. The van der Waals surface area contributed by atoms with Crippen LogP contribution >= 0.6 is 11.6 Å². The van der Waals surface area contributed by atoms with Crippen molar-refractivity contribution in [1.82, 2.24) is 5.32 Å². The van der Waals surface area contributed by atoms with Gasteiger partial charge in [-0.2, -0.15) is 0 Å². The van der Waals surface area contributed by atoms with Crippen molar-refractivity contribution in [3.05, 3.63) is 83.4 Å². The van der Waals surface area contributed by atoms with Crippen LogP contribution in [0, 0.1) is 0 Å². The molecule has 0 amide bonds. The predicted octanol–water partition coefficient (Wildman–Crippen LogP) is 6.08. The summed E-state index contributed by atoms with van der Waals surface area (Å²) in [5.74, 6) is 3.08. The number of nitrogens with one attached hydrogen (secondary N) is 1. The molecule has 26 heavy (non-hydrogen) atoms. The second-order valence-corrected chi connectivity index (χ2v) is 6.60. The van der Waals surface area contributed by atoms with Gasteiger partial charge in [0.25, 0.3) is 0 Å². The van der Waals surface area contributed by atoms with E-state index in [9.17, 15) is 0 Å². The minimum absolute atomic E-state index is 0.454. The highest BCUT2D eigenvalue weighted by Crippen LogP contribution is 2.27. The summed E-state index contributed by atoms with van der Waals surface area (Å²) in [6, 6.07) is 23.5. The molecule has 0 aliphatic carbocycles. The number of hydrogen-bond donors (Lipinski definition) is 1. The summed E-state index contributed by atoms with van der Waals surface area (Å²) in [5, 5.41) is 3.93. The van der Waals surface area contributed by atoms with E-state index in [-0.39, 0.29) is 0 Å². The van der Waals surface area contributed by atoms with Gasteiger partial charge in [-0.05, 0) is 86.6 Å². The zero-order valence-corrected chi connectivity index (χ0v) is 15.7. The van der Waals surface area contributed by atoms with Gasteiger partial charge >= 0.3 is 0 Å². The molecule has 0 aliphatic rings. The molecule has 0 saturated carbocycles. The highest BCUT2D eigenvalue weighted by molar-refractivity contribution is 6.30. The highest BCUT2D eigenvalue weighted by atomic mass is 35.5. The molecule has 0 heterocycles. The molecular formula is C22H22ClNO2. The number of benzene rings is 3. The van der Waals surface area contributed by atoms with Crippen LogP contribution in [0.15, 0.2) is 72.8 Å². The first-order valence-electron chi connectivity index (χ1n) is 8.60. The van der Waals surface area contributed by atoms with E-state index in [4.69, 9.17) is 21.1 Å². The van der Waals surface area contributed by atoms with E-state index in [2.05, 4.69) is 24.4 Å². The average Bonchev–Trinajstić information content (AvgIpc) is 2.66. The minimum atomic E-state index is 0.454. The second-order valence-electron chi connectivity index (χ2n) is 6.17. The Balaban J connectivity index is 1.59. The van der Waals surface area contributed by atoms with E-state index in [1.165, 1.54) is 5.56 Å². The molecule has 3 aromatic rings. The number of rotatable bonds is 7. The van der Waals surface area contributed by atoms with E-state index >= 15 is 0 Å². The van der Waals surface area contributed by atoms with E-state index in [0.717, 1.165) is 29.4 Å². The fourth-order valence-corrected chi connectivity index (χ4v) is 2.63. The fourth-order valence-electron chi connectivity index (χ4n) is 2.50. The number of halogens is 1. The summed E-state index contributed by atoms with van der Waals surface area (Å²) < 4.78 is 11.7. The summed E-state index contributed by atoms with van der Waals surface area (Å²) in [7, 11) is 1.97. The summed E-state index contributed by atoms with van der Waals surface area (Å²) in [5.41, 5.74) is 1.28. The van der Waals surface area contributed by atoms with Crippen LogP contribution in [-0.4, -0.2) is 13.1 Å². The number of hydrogen-bond acceptors (Lipinski definition) is 3. The second kappa shape index (κ2) is 8.75. The molecule has 0 spiro atoms. The summed E-state index contributed by atoms with van der Waals surface area (Å²) in [4.78, 5) is 0. The molecule has 1 N–H and O–H groups in total. The van der Waals surface area contributed by atoms with Crippen LogP contribution in [0.2, 0.25) is 5.02 Å². The minimum Gasteiger partial charge on any atom is -0.457 e. The van der Waals surface area contributed by atoms with Crippen LogP contribution in [0.4, 0.5) is 0 Å². The van der Waals surface area contributed by atoms with Gasteiger partial charge in [0, 0.05) is 11.1 Å². The number of ether oxygens (including phenoxy) is 2.